The van der Waals surface area contributed by atoms with E-state index in [1.165, 1.54) is 0 Å². The summed E-state index contributed by atoms with van der Waals surface area (Å²) in [5, 5.41) is 6.83. The smallest absolute Gasteiger partial charge is 0.191 e. The van der Waals surface area contributed by atoms with Gasteiger partial charge in [0, 0.05) is 44.8 Å². The quantitative estimate of drug-likeness (QED) is 0.211. The number of guanidine groups is 1. The molecule has 25 heavy (non-hydrogen) atoms. The van der Waals surface area contributed by atoms with Crippen molar-refractivity contribution in [2.24, 2.45) is 10.4 Å². The van der Waals surface area contributed by atoms with E-state index in [4.69, 9.17) is 4.99 Å². The maximum Gasteiger partial charge on any atom is 0.191 e. The number of nitrogens with one attached hydrogen (secondary N) is 2. The molecule has 0 aliphatic rings. The van der Waals surface area contributed by atoms with Crippen LogP contribution in [0.2, 0.25) is 0 Å². The SMILES string of the molecule is CCNC(=NCC(C)(C)CN(C)C)NCCCN(C(C)C)C(C)C.I. The van der Waals surface area contributed by atoms with E-state index in [-0.39, 0.29) is 29.4 Å². The highest BCUT2D eigenvalue weighted by Crippen LogP contribution is 2.16. The van der Waals surface area contributed by atoms with Crippen molar-refractivity contribution in [1.29, 1.82) is 0 Å². The van der Waals surface area contributed by atoms with Gasteiger partial charge in [0.15, 0.2) is 5.96 Å². The first-order chi connectivity index (χ1) is 11.1. The molecule has 0 radical (unpaired) electrons. The lowest BCUT2D eigenvalue weighted by molar-refractivity contribution is 0.173. The Hall–Kier alpha value is -0.0800. The Balaban J connectivity index is 0. The summed E-state index contributed by atoms with van der Waals surface area (Å²) >= 11 is 0. The molecule has 0 aromatic carbocycles. The second-order valence-corrected chi connectivity index (χ2v) is 8.30. The molecule has 6 heteroatoms. The van der Waals surface area contributed by atoms with Crippen molar-refractivity contribution in [2.75, 3.05) is 46.8 Å². The lowest BCUT2D eigenvalue weighted by Crippen LogP contribution is -2.42. The molecule has 0 aromatic heterocycles. The molecule has 0 bridgehead atoms. The summed E-state index contributed by atoms with van der Waals surface area (Å²) in [6, 6.07) is 1.19. The number of rotatable bonds is 11. The Kier molecular flexibility index (Phi) is 15.2. The van der Waals surface area contributed by atoms with E-state index in [2.05, 4.69) is 83.0 Å². The van der Waals surface area contributed by atoms with Crippen LogP contribution >= 0.6 is 24.0 Å². The van der Waals surface area contributed by atoms with Gasteiger partial charge in [-0.2, -0.15) is 0 Å². The van der Waals surface area contributed by atoms with E-state index in [0.29, 0.717) is 12.1 Å². The molecule has 5 nitrogen and oxygen atoms in total. The van der Waals surface area contributed by atoms with Crippen molar-refractivity contribution < 1.29 is 0 Å². The minimum atomic E-state index is 0. The molecule has 0 saturated carbocycles. The zero-order valence-corrected chi connectivity index (χ0v) is 20.5. The maximum absolute atomic E-state index is 4.78. The summed E-state index contributed by atoms with van der Waals surface area (Å²) in [6.07, 6.45) is 1.13. The topological polar surface area (TPSA) is 42.9 Å². The average Bonchev–Trinajstić information content (AvgIpc) is 2.42. The predicted octanol–water partition coefficient (Wildman–Crippen LogP) is 3.26. The first-order valence-electron chi connectivity index (χ1n) is 9.51. The number of hydrogen-bond donors (Lipinski definition) is 2. The Bertz CT molecular complexity index is 346. The Morgan fingerprint density at radius 2 is 1.60 bits per heavy atom. The summed E-state index contributed by atoms with van der Waals surface area (Å²) in [6.45, 7) is 20.6. The zero-order valence-electron chi connectivity index (χ0n) is 18.1. The second kappa shape index (κ2) is 14.0. The minimum Gasteiger partial charge on any atom is -0.357 e. The fraction of sp³-hybridized carbons (Fsp3) is 0.947. The van der Waals surface area contributed by atoms with Crippen molar-refractivity contribution in [1.82, 2.24) is 20.4 Å². The van der Waals surface area contributed by atoms with Crippen LogP contribution in [0.15, 0.2) is 4.99 Å². The zero-order chi connectivity index (χ0) is 18.8. The summed E-state index contributed by atoms with van der Waals surface area (Å²) in [5.74, 6) is 0.935. The van der Waals surface area contributed by atoms with Crippen molar-refractivity contribution in [2.45, 2.75) is 67.0 Å². The highest BCUT2D eigenvalue weighted by molar-refractivity contribution is 14.0. The van der Waals surface area contributed by atoms with E-state index < -0.39 is 0 Å². The van der Waals surface area contributed by atoms with Gasteiger partial charge in [0.2, 0.25) is 0 Å². The highest BCUT2D eigenvalue weighted by atomic mass is 127. The van der Waals surface area contributed by atoms with Crippen molar-refractivity contribution >= 4 is 29.9 Å². The summed E-state index contributed by atoms with van der Waals surface area (Å²) in [5.41, 5.74) is 0.179. The van der Waals surface area contributed by atoms with Crippen molar-refractivity contribution in [3.63, 3.8) is 0 Å². The van der Waals surface area contributed by atoms with E-state index >= 15 is 0 Å². The molecule has 0 aliphatic carbocycles. The lowest BCUT2D eigenvalue weighted by atomic mass is 9.93. The fourth-order valence-corrected chi connectivity index (χ4v) is 3.12. The van der Waals surface area contributed by atoms with Crippen LogP contribution in [0.4, 0.5) is 0 Å². The number of aliphatic imine (C=N–C) groups is 1. The number of hydrogen-bond acceptors (Lipinski definition) is 3. The Morgan fingerprint density at radius 3 is 2.04 bits per heavy atom. The van der Waals surface area contributed by atoms with Crippen LogP contribution in [0, 0.1) is 5.41 Å². The van der Waals surface area contributed by atoms with Gasteiger partial charge in [-0.1, -0.05) is 13.8 Å². The van der Waals surface area contributed by atoms with Gasteiger partial charge in [-0.15, -0.1) is 24.0 Å². The molecule has 2 N–H and O–H groups in total. The first kappa shape index (κ1) is 27.1. The summed E-state index contributed by atoms with van der Waals surface area (Å²) in [4.78, 5) is 9.54. The second-order valence-electron chi connectivity index (χ2n) is 8.30. The van der Waals surface area contributed by atoms with Gasteiger partial charge in [-0.25, -0.2) is 0 Å². The standard InChI is InChI=1S/C19H43N5.HI/c1-10-20-18(22-14-19(6,7)15-23(8)9)21-12-11-13-24(16(2)3)17(4)5;/h16-17H,10-15H2,1-9H3,(H2,20,21,22);1H. The van der Waals surface area contributed by atoms with Gasteiger partial charge in [0.1, 0.15) is 0 Å². The minimum absolute atomic E-state index is 0. The third-order valence-electron chi connectivity index (χ3n) is 3.97. The summed E-state index contributed by atoms with van der Waals surface area (Å²) in [7, 11) is 4.23. The molecule has 0 rings (SSSR count). The molecular weight excluding hydrogens is 425 g/mol. The van der Waals surface area contributed by atoms with Crippen LogP contribution in [0.5, 0.6) is 0 Å². The van der Waals surface area contributed by atoms with Gasteiger partial charge in [0.05, 0.1) is 0 Å². The molecule has 0 amide bonds. The van der Waals surface area contributed by atoms with Crippen molar-refractivity contribution in [3.8, 4) is 0 Å². The largest absolute Gasteiger partial charge is 0.357 e. The van der Waals surface area contributed by atoms with Crippen LogP contribution in [0.25, 0.3) is 0 Å². The third-order valence-corrected chi connectivity index (χ3v) is 3.97. The van der Waals surface area contributed by atoms with Crippen LogP contribution < -0.4 is 10.6 Å². The van der Waals surface area contributed by atoms with Crippen LogP contribution in [-0.2, 0) is 0 Å². The average molecular weight is 470 g/mol. The van der Waals surface area contributed by atoms with Gasteiger partial charge in [-0.3, -0.25) is 9.89 Å². The van der Waals surface area contributed by atoms with E-state index in [9.17, 15) is 0 Å². The van der Waals surface area contributed by atoms with E-state index in [0.717, 1.165) is 45.1 Å². The maximum atomic E-state index is 4.78. The molecular formula is C19H44IN5. The van der Waals surface area contributed by atoms with Crippen LogP contribution in [-0.4, -0.2) is 74.7 Å². The Labute approximate surface area is 174 Å². The highest BCUT2D eigenvalue weighted by Gasteiger charge is 2.18. The third kappa shape index (κ3) is 13.7. The monoisotopic (exact) mass is 469 g/mol. The van der Waals surface area contributed by atoms with Gasteiger partial charge >= 0.3 is 0 Å². The molecule has 0 unspecified atom stereocenters. The predicted molar refractivity (Wildman–Crippen MR) is 123 cm³/mol. The molecule has 0 aromatic rings. The summed E-state index contributed by atoms with van der Waals surface area (Å²) < 4.78 is 0. The molecule has 0 fully saturated rings. The molecule has 152 valence electrons. The first-order valence-corrected chi connectivity index (χ1v) is 9.51. The van der Waals surface area contributed by atoms with Gasteiger partial charge in [0.25, 0.3) is 0 Å². The van der Waals surface area contributed by atoms with E-state index in [1.807, 2.05) is 0 Å². The van der Waals surface area contributed by atoms with Gasteiger partial charge < -0.3 is 15.5 Å². The Morgan fingerprint density at radius 1 is 1.04 bits per heavy atom. The number of halogens is 1. The van der Waals surface area contributed by atoms with E-state index in [1.54, 1.807) is 0 Å². The molecule has 0 atom stereocenters. The van der Waals surface area contributed by atoms with Crippen LogP contribution in [0.1, 0.15) is 54.9 Å². The molecule has 0 saturated heterocycles. The molecule has 0 aliphatic heterocycles. The normalized spacial score (nSPS) is 12.9. The number of nitrogens with zero attached hydrogens (tertiary/aromatic N) is 3. The lowest BCUT2D eigenvalue weighted by Gasteiger charge is -2.30. The van der Waals surface area contributed by atoms with Crippen molar-refractivity contribution in [3.05, 3.63) is 0 Å². The van der Waals surface area contributed by atoms with Gasteiger partial charge in [-0.05, 0) is 60.5 Å². The van der Waals surface area contributed by atoms with Crippen LogP contribution in [0.3, 0.4) is 0 Å². The molecule has 0 heterocycles. The molecule has 0 spiro atoms. The fourth-order valence-electron chi connectivity index (χ4n) is 3.12.